The number of anilines is 1. The largest absolute Gasteiger partial charge is 0.331 e. The van der Waals surface area contributed by atoms with Crippen LogP contribution in [-0.4, -0.2) is 36.0 Å². The zero-order chi connectivity index (χ0) is 25.6. The van der Waals surface area contributed by atoms with Gasteiger partial charge in [-0.15, -0.1) is 0 Å². The molecule has 182 valence electrons. The van der Waals surface area contributed by atoms with Crippen LogP contribution in [-0.2, 0) is 18.4 Å². The van der Waals surface area contributed by atoms with E-state index in [9.17, 15) is 9.59 Å². The van der Waals surface area contributed by atoms with Gasteiger partial charge in [-0.1, -0.05) is 30.3 Å². The zero-order valence-electron chi connectivity index (χ0n) is 20.2. The number of nitrogens with one attached hydrogen (secondary N) is 1. The second-order valence-electron chi connectivity index (χ2n) is 8.45. The van der Waals surface area contributed by atoms with Gasteiger partial charge in [-0.2, -0.15) is 5.10 Å². The number of amides is 1. The molecule has 3 aromatic heterocycles. The molecule has 5 rings (SSSR count). The zero-order valence-corrected chi connectivity index (χ0v) is 20.2. The van der Waals surface area contributed by atoms with Crippen LogP contribution >= 0.6 is 0 Å². The molecule has 0 saturated carbocycles. The number of pyridine rings is 1. The molecule has 1 N–H and O–H groups in total. The summed E-state index contributed by atoms with van der Waals surface area (Å²) in [6.45, 7) is 0.609. The van der Waals surface area contributed by atoms with Crippen molar-refractivity contribution in [2.45, 2.75) is 6.54 Å². The second-order valence-corrected chi connectivity index (χ2v) is 8.45. The number of carbonyl (C=O) groups excluding carboxylic acids is 2. The average Bonchev–Trinajstić information content (AvgIpc) is 3.54. The van der Waals surface area contributed by atoms with Crippen molar-refractivity contribution in [1.29, 1.82) is 0 Å². The Morgan fingerprint density at radius 1 is 0.973 bits per heavy atom. The lowest BCUT2D eigenvalue weighted by Crippen LogP contribution is -2.10. The van der Waals surface area contributed by atoms with Gasteiger partial charge >= 0.3 is 0 Å². The molecule has 0 unspecified atom stereocenters. The van der Waals surface area contributed by atoms with E-state index in [1.807, 2.05) is 53.3 Å². The highest BCUT2D eigenvalue weighted by Gasteiger charge is 2.14. The number of hydrogen-bond donors (Lipinski definition) is 1. The molecule has 0 aliphatic rings. The van der Waals surface area contributed by atoms with Crippen LogP contribution in [0.4, 0.5) is 5.69 Å². The Hall–Kier alpha value is -5.11. The maximum absolute atomic E-state index is 12.7. The highest BCUT2D eigenvalue weighted by Crippen LogP contribution is 2.23. The normalized spacial score (nSPS) is 11.1. The minimum atomic E-state index is -0.295. The number of aryl methyl sites for hydroxylation is 1. The molecule has 37 heavy (non-hydrogen) atoms. The number of rotatable bonds is 8. The van der Waals surface area contributed by atoms with Crippen LogP contribution in [0, 0.1) is 0 Å². The third-order valence-corrected chi connectivity index (χ3v) is 5.77. The molecule has 1 amide bonds. The van der Waals surface area contributed by atoms with Gasteiger partial charge in [-0.25, -0.2) is 4.98 Å². The first-order valence-corrected chi connectivity index (χ1v) is 11.7. The van der Waals surface area contributed by atoms with E-state index < -0.39 is 0 Å². The van der Waals surface area contributed by atoms with Crippen LogP contribution in [0.5, 0.6) is 0 Å². The molecule has 0 fully saturated rings. The molecule has 5 aromatic rings. The summed E-state index contributed by atoms with van der Waals surface area (Å²) in [6, 6.07) is 20.6. The van der Waals surface area contributed by atoms with Gasteiger partial charge in [0.1, 0.15) is 5.69 Å². The van der Waals surface area contributed by atoms with Crippen LogP contribution < -0.4 is 5.32 Å². The minimum absolute atomic E-state index is 0.180. The van der Waals surface area contributed by atoms with Gasteiger partial charge in [0.2, 0.25) is 11.7 Å². The molecular weight excluding hydrogens is 464 g/mol. The number of aromatic nitrogens is 5. The molecule has 0 spiro atoms. The van der Waals surface area contributed by atoms with Crippen molar-refractivity contribution in [3.05, 3.63) is 126 Å². The Morgan fingerprint density at radius 2 is 1.78 bits per heavy atom. The summed E-state index contributed by atoms with van der Waals surface area (Å²) < 4.78 is 3.52. The standard InChI is InChI=1S/C29H24N6O2/c1-34-17-16-31-29(34)28(37)22-9-12-25(13-10-22)32-26(36)14-11-24-20-35(19-21-6-3-2-4-7-21)33-27(24)23-8-5-15-30-18-23/h2-18,20H,19H2,1H3,(H,32,36)/b14-11+. The van der Waals surface area contributed by atoms with Crippen molar-refractivity contribution in [3.63, 3.8) is 0 Å². The molecule has 0 radical (unpaired) electrons. The lowest BCUT2D eigenvalue weighted by molar-refractivity contribution is -0.111. The van der Waals surface area contributed by atoms with E-state index in [-0.39, 0.29) is 11.7 Å². The molecule has 0 aliphatic carbocycles. The number of ketones is 1. The highest BCUT2D eigenvalue weighted by atomic mass is 16.1. The van der Waals surface area contributed by atoms with E-state index in [0.717, 1.165) is 22.4 Å². The van der Waals surface area contributed by atoms with E-state index >= 15 is 0 Å². The summed E-state index contributed by atoms with van der Waals surface area (Å²) in [7, 11) is 1.77. The van der Waals surface area contributed by atoms with E-state index in [1.54, 1.807) is 66.7 Å². The summed E-state index contributed by atoms with van der Waals surface area (Å²) in [5.41, 5.74) is 4.61. The van der Waals surface area contributed by atoms with Crippen molar-refractivity contribution in [2.75, 3.05) is 5.32 Å². The maximum atomic E-state index is 12.7. The summed E-state index contributed by atoms with van der Waals surface area (Å²) in [5, 5.41) is 7.58. The number of benzene rings is 2. The minimum Gasteiger partial charge on any atom is -0.331 e. The van der Waals surface area contributed by atoms with Crippen LogP contribution in [0.15, 0.2) is 104 Å². The third-order valence-electron chi connectivity index (χ3n) is 5.77. The number of imidazole rings is 1. The Kier molecular flexibility index (Phi) is 6.80. The van der Waals surface area contributed by atoms with E-state index in [0.29, 0.717) is 23.6 Å². The smallest absolute Gasteiger partial charge is 0.248 e. The van der Waals surface area contributed by atoms with E-state index in [1.165, 1.54) is 6.08 Å². The number of carbonyl (C=O) groups is 2. The summed E-state index contributed by atoms with van der Waals surface area (Å²) in [4.78, 5) is 33.6. The fourth-order valence-corrected chi connectivity index (χ4v) is 3.91. The molecule has 8 nitrogen and oxygen atoms in total. The van der Waals surface area contributed by atoms with Gasteiger partial charge in [-0.3, -0.25) is 19.3 Å². The predicted octanol–water partition coefficient (Wildman–Crippen LogP) is 4.61. The molecule has 2 aromatic carbocycles. The summed E-state index contributed by atoms with van der Waals surface area (Å²) in [5.74, 6) is -0.117. The van der Waals surface area contributed by atoms with Gasteiger partial charge in [0, 0.05) is 66.5 Å². The highest BCUT2D eigenvalue weighted by molar-refractivity contribution is 6.07. The van der Waals surface area contributed by atoms with Crippen LogP contribution in [0.25, 0.3) is 17.3 Å². The van der Waals surface area contributed by atoms with Crippen molar-refractivity contribution in [1.82, 2.24) is 24.3 Å². The van der Waals surface area contributed by atoms with Crippen molar-refractivity contribution < 1.29 is 9.59 Å². The first-order chi connectivity index (χ1) is 18.1. The molecule has 0 bridgehead atoms. The van der Waals surface area contributed by atoms with Crippen molar-refractivity contribution in [2.24, 2.45) is 7.05 Å². The first kappa shape index (κ1) is 23.6. The average molecular weight is 489 g/mol. The Labute approximate surface area is 213 Å². The van der Waals surface area contributed by atoms with Crippen LogP contribution in [0.2, 0.25) is 0 Å². The van der Waals surface area contributed by atoms with Crippen LogP contribution in [0.3, 0.4) is 0 Å². The predicted molar refractivity (Wildman–Crippen MR) is 142 cm³/mol. The molecule has 8 heteroatoms. The molecular formula is C29H24N6O2. The number of hydrogen-bond acceptors (Lipinski definition) is 5. The molecule has 3 heterocycles. The van der Waals surface area contributed by atoms with E-state index in [2.05, 4.69) is 15.3 Å². The topological polar surface area (TPSA) is 94.7 Å². The maximum Gasteiger partial charge on any atom is 0.248 e. The molecule has 0 saturated heterocycles. The quantitative estimate of drug-likeness (QED) is 0.254. The first-order valence-electron chi connectivity index (χ1n) is 11.7. The summed E-state index contributed by atoms with van der Waals surface area (Å²) in [6.07, 6.45) is 11.9. The molecule has 0 atom stereocenters. The van der Waals surface area contributed by atoms with Gasteiger partial charge in [0.15, 0.2) is 5.82 Å². The Morgan fingerprint density at radius 3 is 2.49 bits per heavy atom. The monoisotopic (exact) mass is 488 g/mol. The van der Waals surface area contributed by atoms with Crippen molar-refractivity contribution in [3.8, 4) is 11.3 Å². The third kappa shape index (κ3) is 5.59. The van der Waals surface area contributed by atoms with Gasteiger partial charge in [-0.05, 0) is 48.0 Å². The summed E-state index contributed by atoms with van der Waals surface area (Å²) >= 11 is 0. The second kappa shape index (κ2) is 10.7. The Bertz CT molecular complexity index is 1550. The van der Waals surface area contributed by atoms with Gasteiger partial charge in [0.25, 0.3) is 0 Å². The fourth-order valence-electron chi connectivity index (χ4n) is 3.91. The van der Waals surface area contributed by atoms with Gasteiger partial charge in [0.05, 0.1) is 6.54 Å². The van der Waals surface area contributed by atoms with Crippen molar-refractivity contribution >= 4 is 23.5 Å². The fraction of sp³-hybridized carbons (Fsp3) is 0.0690. The SMILES string of the molecule is Cn1ccnc1C(=O)c1ccc(NC(=O)/C=C/c2cn(Cc3ccccc3)nc2-c2cccnc2)cc1. The lowest BCUT2D eigenvalue weighted by atomic mass is 10.1. The van der Waals surface area contributed by atoms with Gasteiger partial charge < -0.3 is 9.88 Å². The van der Waals surface area contributed by atoms with E-state index in [4.69, 9.17) is 5.10 Å². The molecule has 0 aliphatic heterocycles. The Balaban J connectivity index is 1.31. The van der Waals surface area contributed by atoms with Crippen LogP contribution in [0.1, 0.15) is 27.3 Å². The number of nitrogens with zero attached hydrogens (tertiary/aromatic N) is 5. The lowest BCUT2D eigenvalue weighted by Gasteiger charge is -2.05.